The Bertz CT molecular complexity index is 630. The molecule has 0 saturated carbocycles. The zero-order valence-electron chi connectivity index (χ0n) is 13.3. The van der Waals surface area contributed by atoms with Crippen molar-refractivity contribution in [2.24, 2.45) is 5.92 Å². The summed E-state index contributed by atoms with van der Waals surface area (Å²) in [5, 5.41) is 21.6. The van der Waals surface area contributed by atoms with Crippen LogP contribution < -0.4 is 0 Å². The molecule has 0 aliphatic carbocycles. The lowest BCUT2D eigenvalue weighted by Gasteiger charge is -2.32. The minimum Gasteiger partial charge on any atom is -0.387 e. The number of carbonyl (C=O) groups excluding carboxylic acids is 1. The molecule has 1 fully saturated rings. The first-order valence-electron chi connectivity index (χ1n) is 7.99. The summed E-state index contributed by atoms with van der Waals surface area (Å²) < 4.78 is 1.80. The predicted molar refractivity (Wildman–Crippen MR) is 88.0 cm³/mol. The number of rotatable bonds is 5. The van der Waals surface area contributed by atoms with E-state index in [0.29, 0.717) is 18.0 Å². The summed E-state index contributed by atoms with van der Waals surface area (Å²) in [7, 11) is 0. The molecule has 1 aliphatic rings. The van der Waals surface area contributed by atoms with Crippen molar-refractivity contribution in [3.05, 3.63) is 34.3 Å². The molecule has 1 N–H and O–H groups in total. The number of hydrogen-bond acceptors (Lipinski definition) is 5. The molecule has 0 aromatic carbocycles. The number of carbonyl (C=O) groups is 1. The number of hydrogen-bond donors (Lipinski definition) is 1. The SMILES string of the molecule is C[C@@H](O)c1cn(CC2CCN(C(=O)Cc3ccsc3)CC2)nn1. The molecule has 3 rings (SSSR count). The molecule has 124 valence electrons. The monoisotopic (exact) mass is 334 g/mol. The number of aromatic nitrogens is 3. The van der Waals surface area contributed by atoms with Gasteiger partial charge in [-0.15, -0.1) is 5.10 Å². The summed E-state index contributed by atoms with van der Waals surface area (Å²) in [4.78, 5) is 14.3. The quantitative estimate of drug-likeness (QED) is 0.906. The van der Waals surface area contributed by atoms with Gasteiger partial charge in [0.25, 0.3) is 0 Å². The molecule has 1 saturated heterocycles. The average Bonchev–Trinajstić information content (AvgIpc) is 3.19. The van der Waals surface area contributed by atoms with Crippen LogP contribution in [-0.2, 0) is 17.8 Å². The summed E-state index contributed by atoms with van der Waals surface area (Å²) >= 11 is 1.63. The molecule has 0 unspecified atom stereocenters. The number of nitrogens with zero attached hydrogens (tertiary/aromatic N) is 4. The number of likely N-dealkylation sites (tertiary alicyclic amines) is 1. The summed E-state index contributed by atoms with van der Waals surface area (Å²) in [6, 6.07) is 2.01. The highest BCUT2D eigenvalue weighted by atomic mass is 32.1. The summed E-state index contributed by atoms with van der Waals surface area (Å²) in [5.41, 5.74) is 1.71. The van der Waals surface area contributed by atoms with Crippen LogP contribution in [0.4, 0.5) is 0 Å². The molecule has 0 radical (unpaired) electrons. The van der Waals surface area contributed by atoms with Gasteiger partial charge in [0.2, 0.25) is 5.91 Å². The van der Waals surface area contributed by atoms with Gasteiger partial charge < -0.3 is 10.0 Å². The van der Waals surface area contributed by atoms with Gasteiger partial charge in [0, 0.05) is 19.6 Å². The smallest absolute Gasteiger partial charge is 0.227 e. The molecule has 7 heteroatoms. The predicted octanol–water partition coefficient (Wildman–Crippen LogP) is 1.87. The Hall–Kier alpha value is -1.73. The standard InChI is InChI=1S/C16H22N4O2S/c1-12(21)15-10-20(18-17-15)9-13-2-5-19(6-3-13)16(22)8-14-4-7-23-11-14/h4,7,10-13,21H,2-3,5-6,8-9H2,1H3/t12-/m1/s1. The van der Waals surface area contributed by atoms with Crippen LogP contribution in [0.3, 0.4) is 0 Å². The third-order valence-corrected chi connectivity index (χ3v) is 5.06. The van der Waals surface area contributed by atoms with Gasteiger partial charge in [0.15, 0.2) is 0 Å². The van der Waals surface area contributed by atoms with E-state index < -0.39 is 6.10 Å². The van der Waals surface area contributed by atoms with Gasteiger partial charge in [-0.25, -0.2) is 0 Å². The van der Waals surface area contributed by atoms with E-state index in [2.05, 4.69) is 10.3 Å². The fourth-order valence-electron chi connectivity index (χ4n) is 2.90. The molecular weight excluding hydrogens is 312 g/mol. The van der Waals surface area contributed by atoms with E-state index in [1.807, 2.05) is 21.7 Å². The Labute approximate surface area is 139 Å². The fraction of sp³-hybridized carbons (Fsp3) is 0.562. The molecule has 2 aromatic rings. The van der Waals surface area contributed by atoms with Crippen molar-refractivity contribution < 1.29 is 9.90 Å². The number of piperidine rings is 1. The van der Waals surface area contributed by atoms with Gasteiger partial charge in [-0.1, -0.05) is 5.21 Å². The van der Waals surface area contributed by atoms with Crippen molar-refractivity contribution in [1.82, 2.24) is 19.9 Å². The molecule has 0 bridgehead atoms. The number of thiophene rings is 1. The maximum atomic E-state index is 12.3. The topological polar surface area (TPSA) is 71.2 Å². The van der Waals surface area contributed by atoms with Crippen molar-refractivity contribution in [3.63, 3.8) is 0 Å². The van der Waals surface area contributed by atoms with E-state index in [0.717, 1.165) is 38.0 Å². The molecule has 1 aliphatic heterocycles. The first-order chi connectivity index (χ1) is 11.1. The van der Waals surface area contributed by atoms with E-state index in [4.69, 9.17) is 0 Å². The minimum absolute atomic E-state index is 0.221. The van der Waals surface area contributed by atoms with Crippen molar-refractivity contribution in [2.45, 2.75) is 38.8 Å². The van der Waals surface area contributed by atoms with Crippen molar-refractivity contribution in [2.75, 3.05) is 13.1 Å². The zero-order chi connectivity index (χ0) is 16.2. The normalized spacial score (nSPS) is 17.4. The molecule has 0 spiro atoms. The Morgan fingerprint density at radius 2 is 2.26 bits per heavy atom. The zero-order valence-corrected chi connectivity index (χ0v) is 14.1. The van der Waals surface area contributed by atoms with Crippen molar-refractivity contribution in [3.8, 4) is 0 Å². The number of aliphatic hydroxyl groups excluding tert-OH is 1. The first kappa shape index (κ1) is 16.1. The number of aliphatic hydroxyl groups is 1. The first-order valence-corrected chi connectivity index (χ1v) is 8.93. The highest BCUT2D eigenvalue weighted by Crippen LogP contribution is 2.20. The molecular formula is C16H22N4O2S. The Morgan fingerprint density at radius 3 is 2.87 bits per heavy atom. The third kappa shape index (κ3) is 4.17. The largest absolute Gasteiger partial charge is 0.387 e. The summed E-state index contributed by atoms with van der Waals surface area (Å²) in [5.74, 6) is 0.725. The van der Waals surface area contributed by atoms with Gasteiger partial charge in [-0.05, 0) is 48.1 Å². The Balaban J connectivity index is 1.47. The molecule has 2 aromatic heterocycles. The maximum absolute atomic E-state index is 12.3. The van der Waals surface area contributed by atoms with Crippen LogP contribution in [0.15, 0.2) is 23.0 Å². The number of amides is 1. The van der Waals surface area contributed by atoms with Gasteiger partial charge >= 0.3 is 0 Å². The van der Waals surface area contributed by atoms with Crippen LogP contribution in [0.2, 0.25) is 0 Å². The second-order valence-electron chi connectivity index (χ2n) is 6.17. The Kier molecular flexibility index (Phi) is 5.07. The van der Waals surface area contributed by atoms with Crippen molar-refractivity contribution in [1.29, 1.82) is 0 Å². The van der Waals surface area contributed by atoms with Crippen LogP contribution in [-0.4, -0.2) is 44.0 Å². The lowest BCUT2D eigenvalue weighted by Crippen LogP contribution is -2.40. The fourth-order valence-corrected chi connectivity index (χ4v) is 3.57. The molecule has 1 amide bonds. The van der Waals surface area contributed by atoms with Crippen LogP contribution in [0, 0.1) is 5.92 Å². The highest BCUT2D eigenvalue weighted by molar-refractivity contribution is 7.07. The van der Waals surface area contributed by atoms with Crippen LogP contribution in [0.25, 0.3) is 0 Å². The van der Waals surface area contributed by atoms with Crippen LogP contribution in [0.1, 0.15) is 37.1 Å². The van der Waals surface area contributed by atoms with Crippen LogP contribution in [0.5, 0.6) is 0 Å². The van der Waals surface area contributed by atoms with E-state index in [1.165, 1.54) is 0 Å². The van der Waals surface area contributed by atoms with E-state index in [-0.39, 0.29) is 5.91 Å². The molecule has 6 nitrogen and oxygen atoms in total. The van der Waals surface area contributed by atoms with Crippen LogP contribution >= 0.6 is 11.3 Å². The third-order valence-electron chi connectivity index (χ3n) is 4.33. The van der Waals surface area contributed by atoms with E-state index >= 15 is 0 Å². The van der Waals surface area contributed by atoms with E-state index in [1.54, 1.807) is 29.1 Å². The molecule has 1 atom stereocenters. The second kappa shape index (κ2) is 7.23. The lowest BCUT2D eigenvalue weighted by atomic mass is 9.96. The Morgan fingerprint density at radius 1 is 1.48 bits per heavy atom. The minimum atomic E-state index is -0.583. The highest BCUT2D eigenvalue weighted by Gasteiger charge is 2.23. The van der Waals surface area contributed by atoms with Gasteiger partial charge in [-0.3, -0.25) is 9.48 Å². The maximum Gasteiger partial charge on any atom is 0.227 e. The molecule has 3 heterocycles. The summed E-state index contributed by atoms with van der Waals surface area (Å²) in [6.45, 7) is 4.11. The molecule has 23 heavy (non-hydrogen) atoms. The lowest BCUT2D eigenvalue weighted by molar-refractivity contribution is -0.131. The second-order valence-corrected chi connectivity index (χ2v) is 6.95. The van der Waals surface area contributed by atoms with Gasteiger partial charge in [0.1, 0.15) is 5.69 Å². The summed E-state index contributed by atoms with van der Waals surface area (Å²) in [6.07, 6.45) is 3.70. The average molecular weight is 334 g/mol. The van der Waals surface area contributed by atoms with E-state index in [9.17, 15) is 9.90 Å². The van der Waals surface area contributed by atoms with Gasteiger partial charge in [-0.2, -0.15) is 11.3 Å². The van der Waals surface area contributed by atoms with Crippen molar-refractivity contribution >= 4 is 17.2 Å². The van der Waals surface area contributed by atoms with Gasteiger partial charge in [0.05, 0.1) is 18.7 Å².